The lowest BCUT2D eigenvalue weighted by Crippen LogP contribution is -2.38. The third-order valence-electron chi connectivity index (χ3n) is 4.06. The average Bonchev–Trinajstić information content (AvgIpc) is 2.82. The van der Waals surface area contributed by atoms with Crippen LogP contribution < -0.4 is 10.7 Å². The van der Waals surface area contributed by atoms with Crippen LogP contribution in [0, 0.1) is 5.92 Å². The summed E-state index contributed by atoms with van der Waals surface area (Å²) in [6.45, 7) is 6.57. The van der Waals surface area contributed by atoms with E-state index in [1.165, 1.54) is 16.8 Å². The predicted molar refractivity (Wildman–Crippen MR) is 74.8 cm³/mol. The van der Waals surface area contributed by atoms with Crippen LogP contribution in [0.3, 0.4) is 0 Å². The number of hydrazone groups is 1. The van der Waals surface area contributed by atoms with Crippen molar-refractivity contribution in [3.63, 3.8) is 0 Å². The Balaban J connectivity index is 1.79. The molecule has 0 amide bonds. The number of rotatable bonds is 2. The Morgan fingerprint density at radius 1 is 1.22 bits per heavy atom. The lowest BCUT2D eigenvalue weighted by Gasteiger charge is -2.25. The van der Waals surface area contributed by atoms with Crippen molar-refractivity contribution < 1.29 is 0 Å². The van der Waals surface area contributed by atoms with Crippen molar-refractivity contribution in [1.82, 2.24) is 10.7 Å². The Kier molecular flexibility index (Phi) is 3.08. The molecule has 2 aliphatic rings. The number of hydrogen-bond donors (Lipinski definition) is 2. The van der Waals surface area contributed by atoms with Crippen LogP contribution in [0.2, 0.25) is 0 Å². The van der Waals surface area contributed by atoms with Gasteiger partial charge in [-0.15, -0.1) is 0 Å². The first-order valence-electron chi connectivity index (χ1n) is 6.88. The smallest absolute Gasteiger partial charge is 0.0782 e. The van der Waals surface area contributed by atoms with Gasteiger partial charge in [-0.25, -0.2) is 0 Å². The molecule has 2 atom stereocenters. The normalized spacial score (nSPS) is 26.7. The van der Waals surface area contributed by atoms with E-state index >= 15 is 0 Å². The van der Waals surface area contributed by atoms with Crippen molar-refractivity contribution in [2.45, 2.75) is 32.2 Å². The Morgan fingerprint density at radius 3 is 2.72 bits per heavy atom. The lowest BCUT2D eigenvalue weighted by molar-refractivity contribution is 0.450. The molecule has 0 aliphatic carbocycles. The predicted octanol–water partition coefficient (Wildman–Crippen LogP) is 2.42. The van der Waals surface area contributed by atoms with Crippen molar-refractivity contribution >= 4 is 5.71 Å². The van der Waals surface area contributed by atoms with Gasteiger partial charge >= 0.3 is 0 Å². The number of nitrogens with one attached hydrogen (secondary N) is 2. The van der Waals surface area contributed by atoms with E-state index in [1.807, 2.05) is 0 Å². The van der Waals surface area contributed by atoms with Crippen molar-refractivity contribution in [2.75, 3.05) is 13.1 Å². The molecule has 0 radical (unpaired) electrons. The van der Waals surface area contributed by atoms with Gasteiger partial charge in [-0.2, -0.15) is 5.10 Å². The summed E-state index contributed by atoms with van der Waals surface area (Å²) in [5.74, 6) is 1.13. The number of fused-ring (bicyclic) bond motifs is 1. The Morgan fingerprint density at radius 2 is 2.00 bits per heavy atom. The minimum atomic E-state index is 0.356. The van der Waals surface area contributed by atoms with E-state index in [2.05, 4.69) is 54.0 Å². The second-order valence-electron chi connectivity index (χ2n) is 5.59. The van der Waals surface area contributed by atoms with Crippen LogP contribution in [0.25, 0.3) is 0 Å². The van der Waals surface area contributed by atoms with Gasteiger partial charge in [0, 0.05) is 31.1 Å². The van der Waals surface area contributed by atoms with Crippen molar-refractivity contribution in [1.29, 1.82) is 0 Å². The number of piperidine rings is 1. The summed E-state index contributed by atoms with van der Waals surface area (Å²) in [4.78, 5) is 0. The van der Waals surface area contributed by atoms with Gasteiger partial charge in [0.1, 0.15) is 0 Å². The summed E-state index contributed by atoms with van der Waals surface area (Å²) in [5.41, 5.74) is 7.41. The Bertz CT molecular complexity index is 447. The van der Waals surface area contributed by atoms with Crippen LogP contribution in [0.5, 0.6) is 0 Å². The topological polar surface area (TPSA) is 36.4 Å². The highest BCUT2D eigenvalue weighted by atomic mass is 15.3. The van der Waals surface area contributed by atoms with Crippen molar-refractivity contribution in [3.05, 3.63) is 35.4 Å². The Labute approximate surface area is 109 Å². The van der Waals surface area contributed by atoms with Gasteiger partial charge < -0.3 is 10.7 Å². The van der Waals surface area contributed by atoms with Gasteiger partial charge in [0.2, 0.25) is 0 Å². The summed E-state index contributed by atoms with van der Waals surface area (Å²) in [7, 11) is 0. The minimum Gasteiger partial charge on any atom is -0.316 e. The number of hydrogen-bond acceptors (Lipinski definition) is 3. The van der Waals surface area contributed by atoms with Gasteiger partial charge in [0.25, 0.3) is 0 Å². The SMILES string of the molecule is CC(C)c1ccc(C2NN=C3CCNCC32)cc1. The van der Waals surface area contributed by atoms with Crippen LogP contribution in [0.1, 0.15) is 43.4 Å². The third kappa shape index (κ3) is 2.03. The highest BCUT2D eigenvalue weighted by Gasteiger charge is 2.33. The second kappa shape index (κ2) is 4.73. The maximum Gasteiger partial charge on any atom is 0.0782 e. The van der Waals surface area contributed by atoms with Crippen LogP contribution in [0.4, 0.5) is 0 Å². The molecule has 0 bridgehead atoms. The standard InChI is InChI=1S/C15H21N3/c1-10(2)11-3-5-12(6-4-11)15-13-9-16-8-7-14(13)17-18-15/h3-6,10,13,15-16,18H,7-9H2,1-2H3. The van der Waals surface area contributed by atoms with Crippen LogP contribution in [-0.2, 0) is 0 Å². The van der Waals surface area contributed by atoms with Crippen molar-refractivity contribution in [3.8, 4) is 0 Å². The average molecular weight is 243 g/mol. The molecule has 0 aromatic heterocycles. The monoisotopic (exact) mass is 243 g/mol. The van der Waals surface area contributed by atoms with Gasteiger partial charge in [-0.1, -0.05) is 38.1 Å². The maximum atomic E-state index is 4.50. The fraction of sp³-hybridized carbons (Fsp3) is 0.533. The number of benzene rings is 1. The first kappa shape index (κ1) is 11.7. The molecule has 96 valence electrons. The molecule has 1 aromatic carbocycles. The molecule has 18 heavy (non-hydrogen) atoms. The molecule has 1 fully saturated rings. The first-order chi connectivity index (χ1) is 8.75. The molecule has 0 spiro atoms. The molecule has 0 saturated carbocycles. The van der Waals surface area contributed by atoms with E-state index in [4.69, 9.17) is 0 Å². The molecule has 3 nitrogen and oxygen atoms in total. The molecular formula is C15H21N3. The Hall–Kier alpha value is -1.35. The quantitative estimate of drug-likeness (QED) is 0.837. The summed E-state index contributed by atoms with van der Waals surface area (Å²) in [6, 6.07) is 9.35. The van der Waals surface area contributed by atoms with E-state index in [-0.39, 0.29) is 0 Å². The molecule has 2 N–H and O–H groups in total. The fourth-order valence-corrected chi connectivity index (χ4v) is 2.86. The second-order valence-corrected chi connectivity index (χ2v) is 5.59. The largest absolute Gasteiger partial charge is 0.316 e. The van der Waals surface area contributed by atoms with E-state index in [9.17, 15) is 0 Å². The third-order valence-corrected chi connectivity index (χ3v) is 4.06. The zero-order chi connectivity index (χ0) is 12.5. The van der Waals surface area contributed by atoms with E-state index in [0.29, 0.717) is 17.9 Å². The summed E-state index contributed by atoms with van der Waals surface area (Å²) >= 11 is 0. The summed E-state index contributed by atoms with van der Waals surface area (Å²) < 4.78 is 0. The summed E-state index contributed by atoms with van der Waals surface area (Å²) in [5, 5.41) is 7.96. The lowest BCUT2D eigenvalue weighted by atomic mass is 9.86. The van der Waals surface area contributed by atoms with E-state index in [1.54, 1.807) is 0 Å². The van der Waals surface area contributed by atoms with Crippen LogP contribution in [0.15, 0.2) is 29.4 Å². The molecular weight excluding hydrogens is 222 g/mol. The molecule has 3 rings (SSSR count). The fourth-order valence-electron chi connectivity index (χ4n) is 2.86. The highest BCUT2D eigenvalue weighted by Crippen LogP contribution is 2.30. The van der Waals surface area contributed by atoms with Gasteiger partial charge in [0.05, 0.1) is 6.04 Å². The zero-order valence-electron chi connectivity index (χ0n) is 11.1. The maximum absolute atomic E-state index is 4.50. The van der Waals surface area contributed by atoms with E-state index < -0.39 is 0 Å². The number of nitrogens with zero attached hydrogens (tertiary/aromatic N) is 1. The molecule has 1 aromatic rings. The molecule has 3 heteroatoms. The van der Waals surface area contributed by atoms with Crippen molar-refractivity contribution in [2.24, 2.45) is 11.0 Å². The minimum absolute atomic E-state index is 0.356. The van der Waals surface area contributed by atoms with E-state index in [0.717, 1.165) is 19.5 Å². The van der Waals surface area contributed by atoms with Gasteiger partial charge in [-0.3, -0.25) is 0 Å². The van der Waals surface area contributed by atoms with Gasteiger partial charge in [-0.05, 0) is 17.0 Å². The first-order valence-corrected chi connectivity index (χ1v) is 6.88. The molecule has 1 saturated heterocycles. The van der Waals surface area contributed by atoms with Crippen LogP contribution in [-0.4, -0.2) is 18.8 Å². The molecule has 2 aliphatic heterocycles. The highest BCUT2D eigenvalue weighted by molar-refractivity contribution is 5.89. The van der Waals surface area contributed by atoms with Crippen LogP contribution >= 0.6 is 0 Å². The molecule has 2 heterocycles. The molecule has 2 unspecified atom stereocenters. The summed E-state index contributed by atoms with van der Waals surface area (Å²) in [6.07, 6.45) is 1.08. The zero-order valence-corrected chi connectivity index (χ0v) is 11.1. The van der Waals surface area contributed by atoms with Gasteiger partial charge in [0.15, 0.2) is 0 Å².